The summed E-state index contributed by atoms with van der Waals surface area (Å²) >= 11 is 0. The van der Waals surface area contributed by atoms with Gasteiger partial charge in [0.1, 0.15) is 19.0 Å². The second-order valence-electron chi connectivity index (χ2n) is 6.99. The van der Waals surface area contributed by atoms with Gasteiger partial charge in [-0.2, -0.15) is 4.31 Å². The Kier molecular flexibility index (Phi) is 7.66. The van der Waals surface area contributed by atoms with Gasteiger partial charge in [0.25, 0.3) is 0 Å². The van der Waals surface area contributed by atoms with E-state index in [0.29, 0.717) is 31.0 Å². The third-order valence-electron chi connectivity index (χ3n) is 4.85. The van der Waals surface area contributed by atoms with Gasteiger partial charge in [0.2, 0.25) is 10.0 Å². The molecule has 0 aliphatic carbocycles. The minimum absolute atomic E-state index is 0.195. The van der Waals surface area contributed by atoms with E-state index in [1.807, 2.05) is 30.3 Å². The lowest BCUT2D eigenvalue weighted by Gasteiger charge is -2.25. The van der Waals surface area contributed by atoms with Crippen molar-refractivity contribution in [3.63, 3.8) is 0 Å². The van der Waals surface area contributed by atoms with Gasteiger partial charge in [-0.05, 0) is 49.1 Å². The molecule has 3 rings (SSSR count). The van der Waals surface area contributed by atoms with Gasteiger partial charge >= 0.3 is 5.97 Å². The van der Waals surface area contributed by atoms with Crippen LogP contribution in [0.3, 0.4) is 0 Å². The Labute approximate surface area is 172 Å². The first kappa shape index (κ1) is 21.3. The van der Waals surface area contributed by atoms with Gasteiger partial charge < -0.3 is 9.47 Å². The summed E-state index contributed by atoms with van der Waals surface area (Å²) in [5, 5.41) is 0. The zero-order valence-electron chi connectivity index (χ0n) is 16.5. The molecule has 29 heavy (non-hydrogen) atoms. The van der Waals surface area contributed by atoms with Crippen molar-refractivity contribution < 1.29 is 22.7 Å². The average molecular weight is 418 g/mol. The molecule has 2 aromatic carbocycles. The molecule has 6 nitrogen and oxygen atoms in total. The van der Waals surface area contributed by atoms with Crippen molar-refractivity contribution in [2.24, 2.45) is 0 Å². The third kappa shape index (κ3) is 6.30. The van der Waals surface area contributed by atoms with E-state index >= 15 is 0 Å². The number of para-hydroxylation sites is 1. The average Bonchev–Trinajstić information content (AvgIpc) is 2.77. The van der Waals surface area contributed by atoms with Gasteiger partial charge in [0.05, 0.1) is 4.90 Å². The number of carbonyl (C=O) groups excluding carboxylic acids is 1. The number of rotatable bonds is 9. The maximum Gasteiger partial charge on any atom is 0.306 e. The maximum absolute atomic E-state index is 12.7. The second-order valence-corrected chi connectivity index (χ2v) is 8.93. The molecule has 0 amide bonds. The lowest BCUT2D eigenvalue weighted by molar-refractivity contribution is -0.144. The van der Waals surface area contributed by atoms with Crippen LogP contribution >= 0.6 is 0 Å². The molecule has 0 bridgehead atoms. The van der Waals surface area contributed by atoms with Crippen molar-refractivity contribution >= 4 is 16.0 Å². The largest absolute Gasteiger partial charge is 0.490 e. The van der Waals surface area contributed by atoms with E-state index in [2.05, 4.69) is 0 Å². The lowest BCUT2D eigenvalue weighted by Crippen LogP contribution is -2.35. The van der Waals surface area contributed by atoms with Gasteiger partial charge in [0.15, 0.2) is 0 Å². The van der Waals surface area contributed by atoms with Crippen molar-refractivity contribution in [2.45, 2.75) is 37.0 Å². The third-order valence-corrected chi connectivity index (χ3v) is 6.77. The number of esters is 1. The van der Waals surface area contributed by atoms with Crippen molar-refractivity contribution in [3.05, 3.63) is 60.2 Å². The number of hydrogen-bond acceptors (Lipinski definition) is 5. The number of hydrogen-bond donors (Lipinski definition) is 0. The van der Waals surface area contributed by atoms with Gasteiger partial charge in [-0.1, -0.05) is 36.8 Å². The van der Waals surface area contributed by atoms with E-state index in [9.17, 15) is 13.2 Å². The molecule has 0 spiro atoms. The Bertz CT molecular complexity index is 875. The minimum atomic E-state index is -3.42. The highest BCUT2D eigenvalue weighted by Crippen LogP contribution is 2.21. The highest BCUT2D eigenvalue weighted by Gasteiger charge is 2.25. The molecule has 2 aromatic rings. The molecule has 0 N–H and O–H groups in total. The number of benzene rings is 2. The fourth-order valence-corrected chi connectivity index (χ4v) is 4.75. The van der Waals surface area contributed by atoms with E-state index in [1.165, 1.54) is 0 Å². The lowest BCUT2D eigenvalue weighted by atomic mass is 10.1. The highest BCUT2D eigenvalue weighted by molar-refractivity contribution is 7.89. The normalized spacial score (nSPS) is 15.0. The summed E-state index contributed by atoms with van der Waals surface area (Å²) < 4.78 is 37.5. The summed E-state index contributed by atoms with van der Waals surface area (Å²) in [5.74, 6) is 0.440. The Hall–Kier alpha value is -2.38. The first-order valence-electron chi connectivity index (χ1n) is 9.98. The van der Waals surface area contributed by atoms with E-state index < -0.39 is 10.0 Å². The van der Waals surface area contributed by atoms with Gasteiger partial charge in [-0.25, -0.2) is 8.42 Å². The monoisotopic (exact) mass is 417 g/mol. The van der Waals surface area contributed by atoms with Crippen LogP contribution in [-0.4, -0.2) is 45.0 Å². The summed E-state index contributed by atoms with van der Waals surface area (Å²) in [4.78, 5) is 12.2. The zero-order valence-corrected chi connectivity index (χ0v) is 17.3. The summed E-state index contributed by atoms with van der Waals surface area (Å²) in [6.45, 7) is 1.67. The molecule has 0 atom stereocenters. The summed E-state index contributed by atoms with van der Waals surface area (Å²) in [7, 11) is -3.42. The highest BCUT2D eigenvalue weighted by atomic mass is 32.2. The van der Waals surface area contributed by atoms with Gasteiger partial charge in [-0.15, -0.1) is 0 Å². The van der Waals surface area contributed by atoms with E-state index in [-0.39, 0.29) is 19.0 Å². The van der Waals surface area contributed by atoms with Crippen LogP contribution in [0, 0.1) is 0 Å². The number of aryl methyl sites for hydroxylation is 1. The maximum atomic E-state index is 12.7. The van der Waals surface area contributed by atoms with Crippen molar-refractivity contribution in [1.29, 1.82) is 0 Å². The van der Waals surface area contributed by atoms with Gasteiger partial charge in [0, 0.05) is 19.5 Å². The Balaban J connectivity index is 1.41. The molecule has 1 aliphatic rings. The Morgan fingerprint density at radius 3 is 2.28 bits per heavy atom. The summed E-state index contributed by atoms with van der Waals surface area (Å²) in [6, 6.07) is 16.1. The molecule has 0 aromatic heterocycles. The van der Waals surface area contributed by atoms with Crippen LogP contribution in [0.15, 0.2) is 59.5 Å². The van der Waals surface area contributed by atoms with Crippen LogP contribution in [-0.2, 0) is 26.0 Å². The standard InChI is InChI=1S/C22H27NO5S/c24-22(28-18-17-27-20-7-3-1-4-8-20)14-11-19-9-12-21(13-10-19)29(25,26)23-15-5-2-6-16-23/h1,3-4,7-10,12-13H,2,5-6,11,14-18H2. The molecule has 156 valence electrons. The first-order valence-corrected chi connectivity index (χ1v) is 11.4. The number of carbonyl (C=O) groups is 1. The van der Waals surface area contributed by atoms with E-state index in [0.717, 1.165) is 30.6 Å². The molecule has 0 unspecified atom stereocenters. The smallest absolute Gasteiger partial charge is 0.306 e. The van der Waals surface area contributed by atoms with Crippen molar-refractivity contribution in [3.8, 4) is 5.75 Å². The predicted molar refractivity (Wildman–Crippen MR) is 110 cm³/mol. The number of nitrogens with zero attached hydrogens (tertiary/aromatic N) is 1. The summed E-state index contributed by atoms with van der Waals surface area (Å²) in [5.41, 5.74) is 0.903. The van der Waals surface area contributed by atoms with Crippen LogP contribution in [0.1, 0.15) is 31.2 Å². The fourth-order valence-electron chi connectivity index (χ4n) is 3.23. The van der Waals surface area contributed by atoms with Crippen LogP contribution in [0.5, 0.6) is 5.75 Å². The molecular weight excluding hydrogens is 390 g/mol. The molecular formula is C22H27NO5S. The number of sulfonamides is 1. The van der Waals surface area contributed by atoms with E-state index in [4.69, 9.17) is 9.47 Å². The van der Waals surface area contributed by atoms with Crippen LogP contribution in [0.2, 0.25) is 0 Å². The molecule has 1 saturated heterocycles. The van der Waals surface area contributed by atoms with Crippen molar-refractivity contribution in [1.82, 2.24) is 4.31 Å². The molecule has 0 radical (unpaired) electrons. The van der Waals surface area contributed by atoms with Crippen LogP contribution in [0.25, 0.3) is 0 Å². The molecule has 7 heteroatoms. The molecule has 1 heterocycles. The quantitative estimate of drug-likeness (QED) is 0.462. The minimum Gasteiger partial charge on any atom is -0.490 e. The fraction of sp³-hybridized carbons (Fsp3) is 0.409. The van der Waals surface area contributed by atoms with Crippen LogP contribution in [0.4, 0.5) is 0 Å². The SMILES string of the molecule is O=C(CCc1ccc(S(=O)(=O)N2CCCCC2)cc1)OCCOc1ccccc1. The van der Waals surface area contributed by atoms with E-state index in [1.54, 1.807) is 28.6 Å². The Morgan fingerprint density at radius 1 is 0.897 bits per heavy atom. The summed E-state index contributed by atoms with van der Waals surface area (Å²) in [6.07, 6.45) is 3.65. The van der Waals surface area contributed by atoms with Crippen LogP contribution < -0.4 is 4.74 Å². The number of ether oxygens (including phenoxy) is 2. The topological polar surface area (TPSA) is 72.9 Å². The van der Waals surface area contributed by atoms with Gasteiger partial charge in [-0.3, -0.25) is 4.79 Å². The Morgan fingerprint density at radius 2 is 1.59 bits per heavy atom. The molecule has 1 fully saturated rings. The second kappa shape index (κ2) is 10.4. The predicted octanol–water partition coefficient (Wildman–Crippen LogP) is 3.42. The zero-order chi connectivity index (χ0) is 20.5. The van der Waals surface area contributed by atoms with Crippen molar-refractivity contribution in [2.75, 3.05) is 26.3 Å². The number of piperidine rings is 1. The first-order chi connectivity index (χ1) is 14.1. The molecule has 1 aliphatic heterocycles. The molecule has 0 saturated carbocycles.